The zero-order valence-electron chi connectivity index (χ0n) is 16.7. The molecule has 4 rings (SSSR count). The van der Waals surface area contributed by atoms with Crippen molar-refractivity contribution in [1.29, 1.82) is 0 Å². The summed E-state index contributed by atoms with van der Waals surface area (Å²) in [5.74, 6) is 0. The third-order valence-corrected chi connectivity index (χ3v) is 6.87. The van der Waals surface area contributed by atoms with Crippen LogP contribution in [0.4, 0.5) is 10.5 Å². The van der Waals surface area contributed by atoms with Gasteiger partial charge in [-0.3, -0.25) is 0 Å². The van der Waals surface area contributed by atoms with Gasteiger partial charge >= 0.3 is 6.03 Å². The Balaban J connectivity index is 1.74. The summed E-state index contributed by atoms with van der Waals surface area (Å²) in [6, 6.07) is 18.3. The molecule has 3 aromatic rings. The van der Waals surface area contributed by atoms with E-state index >= 15 is 0 Å². The zero-order valence-corrected chi connectivity index (χ0v) is 17.5. The SMILES string of the molecule is CCc1c(C)sc2c1CCN(C(=O)Nc1ccccc1C)C2c1ccccc1. The van der Waals surface area contributed by atoms with E-state index in [0.29, 0.717) is 0 Å². The number of carbonyl (C=O) groups is 1. The van der Waals surface area contributed by atoms with Gasteiger partial charge in [0.2, 0.25) is 0 Å². The van der Waals surface area contributed by atoms with Gasteiger partial charge in [0.05, 0.1) is 6.04 Å². The minimum absolute atomic E-state index is 0.0297. The van der Waals surface area contributed by atoms with E-state index in [-0.39, 0.29) is 12.1 Å². The Labute approximate surface area is 171 Å². The highest BCUT2D eigenvalue weighted by molar-refractivity contribution is 7.12. The minimum Gasteiger partial charge on any atom is -0.312 e. The molecule has 2 aromatic carbocycles. The van der Waals surface area contributed by atoms with Crippen molar-refractivity contribution in [3.8, 4) is 0 Å². The Kier molecular flexibility index (Phi) is 5.23. The Hall–Kier alpha value is -2.59. The third kappa shape index (κ3) is 3.33. The van der Waals surface area contributed by atoms with Crippen LogP contribution in [-0.4, -0.2) is 17.5 Å². The van der Waals surface area contributed by atoms with Crippen molar-refractivity contribution in [2.75, 3.05) is 11.9 Å². The fourth-order valence-corrected chi connectivity index (χ4v) is 5.64. The van der Waals surface area contributed by atoms with Crippen LogP contribution in [0.1, 0.15) is 45.0 Å². The normalized spacial score (nSPS) is 16.0. The summed E-state index contributed by atoms with van der Waals surface area (Å²) in [6.07, 6.45) is 1.97. The number of amides is 2. The highest BCUT2D eigenvalue weighted by atomic mass is 32.1. The van der Waals surface area contributed by atoms with E-state index in [1.54, 1.807) is 0 Å². The summed E-state index contributed by atoms with van der Waals surface area (Å²) >= 11 is 1.85. The molecule has 1 aromatic heterocycles. The number of anilines is 1. The Morgan fingerprint density at radius 1 is 1.11 bits per heavy atom. The maximum atomic E-state index is 13.3. The maximum absolute atomic E-state index is 13.3. The number of benzene rings is 2. The largest absolute Gasteiger partial charge is 0.322 e. The lowest BCUT2D eigenvalue weighted by atomic mass is 9.92. The molecule has 1 aliphatic rings. The standard InChI is InChI=1S/C24H26N2OS/c1-4-19-17(3)28-23-20(19)14-15-26(22(23)18-11-6-5-7-12-18)24(27)25-21-13-9-8-10-16(21)2/h5-13,22H,4,14-15H2,1-3H3,(H,25,27). The molecule has 2 amide bonds. The average Bonchev–Trinajstić information content (AvgIpc) is 3.04. The molecule has 2 heterocycles. The van der Waals surface area contributed by atoms with Crippen molar-refractivity contribution in [2.24, 2.45) is 0 Å². The van der Waals surface area contributed by atoms with Gasteiger partial charge in [-0.15, -0.1) is 11.3 Å². The van der Waals surface area contributed by atoms with Gasteiger partial charge in [0.25, 0.3) is 0 Å². The van der Waals surface area contributed by atoms with Crippen LogP contribution in [0.15, 0.2) is 54.6 Å². The van der Waals surface area contributed by atoms with Crippen LogP contribution in [0.3, 0.4) is 0 Å². The number of thiophene rings is 1. The van der Waals surface area contributed by atoms with Gasteiger partial charge < -0.3 is 10.2 Å². The molecule has 0 aliphatic carbocycles. The molecule has 1 N–H and O–H groups in total. The second-order valence-corrected chi connectivity index (χ2v) is 8.59. The molecule has 0 fully saturated rings. The zero-order chi connectivity index (χ0) is 19.7. The molecule has 0 spiro atoms. The number of nitrogens with one attached hydrogen (secondary N) is 1. The first-order chi connectivity index (χ1) is 13.6. The van der Waals surface area contributed by atoms with E-state index in [0.717, 1.165) is 30.6 Å². The quantitative estimate of drug-likeness (QED) is 0.575. The van der Waals surface area contributed by atoms with Crippen molar-refractivity contribution < 1.29 is 4.79 Å². The number of para-hydroxylation sites is 1. The number of aryl methyl sites for hydroxylation is 2. The highest BCUT2D eigenvalue weighted by Crippen LogP contribution is 2.43. The number of rotatable bonds is 3. The predicted molar refractivity (Wildman–Crippen MR) is 117 cm³/mol. The number of hydrogen-bond acceptors (Lipinski definition) is 2. The molecule has 28 heavy (non-hydrogen) atoms. The molecular weight excluding hydrogens is 364 g/mol. The second-order valence-electron chi connectivity index (χ2n) is 7.33. The van der Waals surface area contributed by atoms with Gasteiger partial charge in [-0.25, -0.2) is 4.79 Å². The van der Waals surface area contributed by atoms with Crippen molar-refractivity contribution in [3.05, 3.63) is 86.6 Å². The minimum atomic E-state index is -0.0297. The highest BCUT2D eigenvalue weighted by Gasteiger charge is 2.35. The van der Waals surface area contributed by atoms with E-state index in [9.17, 15) is 4.79 Å². The molecule has 0 saturated carbocycles. The van der Waals surface area contributed by atoms with Gasteiger partial charge in [0.15, 0.2) is 0 Å². The van der Waals surface area contributed by atoms with Crippen LogP contribution < -0.4 is 5.32 Å². The summed E-state index contributed by atoms with van der Waals surface area (Å²) in [5.41, 5.74) is 6.05. The lowest BCUT2D eigenvalue weighted by Gasteiger charge is -2.36. The van der Waals surface area contributed by atoms with Crippen LogP contribution >= 0.6 is 11.3 Å². The molecule has 0 radical (unpaired) electrons. The fraction of sp³-hybridized carbons (Fsp3) is 0.292. The van der Waals surface area contributed by atoms with E-state index in [1.807, 2.05) is 53.5 Å². The lowest BCUT2D eigenvalue weighted by Crippen LogP contribution is -2.42. The summed E-state index contributed by atoms with van der Waals surface area (Å²) in [7, 11) is 0. The number of nitrogens with zero attached hydrogens (tertiary/aromatic N) is 1. The fourth-order valence-electron chi connectivity index (χ4n) is 4.20. The molecule has 4 heteroatoms. The van der Waals surface area contributed by atoms with Crippen molar-refractivity contribution in [3.63, 3.8) is 0 Å². The van der Waals surface area contributed by atoms with Gasteiger partial charge in [-0.2, -0.15) is 0 Å². The van der Waals surface area contributed by atoms with E-state index < -0.39 is 0 Å². The van der Waals surface area contributed by atoms with E-state index in [1.165, 1.54) is 26.4 Å². The predicted octanol–water partition coefficient (Wildman–Crippen LogP) is 6.11. The molecule has 0 bridgehead atoms. The number of hydrogen-bond donors (Lipinski definition) is 1. The summed E-state index contributed by atoms with van der Waals surface area (Å²) in [5, 5.41) is 3.14. The van der Waals surface area contributed by atoms with Gasteiger partial charge in [0.1, 0.15) is 0 Å². The monoisotopic (exact) mass is 390 g/mol. The summed E-state index contributed by atoms with van der Waals surface area (Å²) < 4.78 is 0. The molecule has 1 aliphatic heterocycles. The lowest BCUT2D eigenvalue weighted by molar-refractivity contribution is 0.195. The first kappa shape index (κ1) is 18.8. The second kappa shape index (κ2) is 7.80. The Morgan fingerprint density at radius 2 is 1.82 bits per heavy atom. The number of urea groups is 1. The first-order valence-electron chi connectivity index (χ1n) is 9.89. The van der Waals surface area contributed by atoms with E-state index in [4.69, 9.17) is 0 Å². The maximum Gasteiger partial charge on any atom is 0.322 e. The van der Waals surface area contributed by atoms with Gasteiger partial charge in [-0.05, 0) is 55.0 Å². The Morgan fingerprint density at radius 3 is 2.54 bits per heavy atom. The van der Waals surface area contributed by atoms with E-state index in [2.05, 4.69) is 43.4 Å². The topological polar surface area (TPSA) is 32.3 Å². The summed E-state index contributed by atoms with van der Waals surface area (Å²) in [4.78, 5) is 18.0. The smallest absolute Gasteiger partial charge is 0.312 e. The van der Waals surface area contributed by atoms with Gasteiger partial charge in [0, 0.05) is 22.0 Å². The van der Waals surface area contributed by atoms with Crippen LogP contribution in [0, 0.1) is 13.8 Å². The number of carbonyl (C=O) groups excluding carboxylic acids is 1. The van der Waals surface area contributed by atoms with Crippen LogP contribution in [0.5, 0.6) is 0 Å². The molecule has 3 nitrogen and oxygen atoms in total. The van der Waals surface area contributed by atoms with Crippen LogP contribution in [0.2, 0.25) is 0 Å². The Bertz CT molecular complexity index is 993. The molecule has 144 valence electrons. The average molecular weight is 391 g/mol. The van der Waals surface area contributed by atoms with Gasteiger partial charge in [-0.1, -0.05) is 55.5 Å². The molecule has 1 unspecified atom stereocenters. The van der Waals surface area contributed by atoms with Crippen molar-refractivity contribution in [2.45, 2.75) is 39.7 Å². The molecule has 0 saturated heterocycles. The third-order valence-electron chi connectivity index (χ3n) is 5.63. The first-order valence-corrected chi connectivity index (χ1v) is 10.7. The molecule has 1 atom stereocenters. The van der Waals surface area contributed by atoms with Crippen molar-refractivity contribution >= 4 is 23.1 Å². The molecular formula is C24H26N2OS. The summed E-state index contributed by atoms with van der Waals surface area (Å²) in [6.45, 7) is 7.19. The number of fused-ring (bicyclic) bond motifs is 1. The van der Waals surface area contributed by atoms with Crippen molar-refractivity contribution in [1.82, 2.24) is 4.90 Å². The van der Waals surface area contributed by atoms with Crippen LogP contribution in [-0.2, 0) is 12.8 Å². The van der Waals surface area contributed by atoms with Crippen LogP contribution in [0.25, 0.3) is 0 Å².